The zero-order chi connectivity index (χ0) is 30.2. The van der Waals surface area contributed by atoms with E-state index in [1.54, 1.807) is 6.20 Å². The van der Waals surface area contributed by atoms with Gasteiger partial charge in [-0.05, 0) is 54.8 Å². The number of nitrogens with one attached hydrogen (secondary N) is 1. The number of nitrogens with zero attached hydrogens (tertiary/aromatic N) is 5. The average Bonchev–Trinajstić information content (AvgIpc) is 3.45. The van der Waals surface area contributed by atoms with E-state index in [2.05, 4.69) is 34.6 Å². The second-order valence-electron chi connectivity index (χ2n) is 11.0. The van der Waals surface area contributed by atoms with Crippen LogP contribution in [0.5, 0.6) is 5.75 Å². The van der Waals surface area contributed by atoms with Crippen LogP contribution < -0.4 is 31.5 Å². The summed E-state index contributed by atoms with van der Waals surface area (Å²) in [5.41, 5.74) is 12.0. The Hall–Kier alpha value is -5.35. The van der Waals surface area contributed by atoms with Crippen molar-refractivity contribution < 1.29 is 4.74 Å². The summed E-state index contributed by atoms with van der Waals surface area (Å²) in [6.07, 6.45) is 3.41. The first kappa shape index (κ1) is 27.5. The Labute approximate surface area is 253 Å². The van der Waals surface area contributed by atoms with Crippen LogP contribution in [-0.4, -0.2) is 45.8 Å². The van der Waals surface area contributed by atoms with Crippen molar-refractivity contribution in [2.75, 3.05) is 30.8 Å². The summed E-state index contributed by atoms with van der Waals surface area (Å²) in [5, 5.41) is 3.65. The van der Waals surface area contributed by atoms with Gasteiger partial charge in [0, 0.05) is 43.1 Å². The number of ether oxygens (including phenoxy) is 1. The highest BCUT2D eigenvalue weighted by atomic mass is 16.5. The first-order valence-electron chi connectivity index (χ1n) is 14.6. The van der Waals surface area contributed by atoms with Crippen molar-refractivity contribution in [3.05, 3.63) is 111 Å². The molecule has 3 aromatic heterocycles. The summed E-state index contributed by atoms with van der Waals surface area (Å²) in [4.78, 5) is 40.0. The van der Waals surface area contributed by atoms with Gasteiger partial charge in [-0.3, -0.25) is 14.2 Å². The Balaban J connectivity index is 1.12. The number of hydrogen-bond acceptors (Lipinski definition) is 9. The molecule has 0 amide bonds. The van der Waals surface area contributed by atoms with Crippen LogP contribution in [0, 0.1) is 0 Å². The van der Waals surface area contributed by atoms with Gasteiger partial charge < -0.3 is 20.7 Å². The van der Waals surface area contributed by atoms with Crippen molar-refractivity contribution in [1.82, 2.24) is 24.8 Å². The van der Waals surface area contributed by atoms with Gasteiger partial charge >= 0.3 is 0 Å². The summed E-state index contributed by atoms with van der Waals surface area (Å²) < 4.78 is 7.16. The fourth-order valence-electron chi connectivity index (χ4n) is 5.93. The Morgan fingerprint density at radius 1 is 0.909 bits per heavy atom. The number of methoxy groups -OCH3 is 1. The van der Waals surface area contributed by atoms with Crippen LogP contribution in [0.2, 0.25) is 0 Å². The lowest BCUT2D eigenvalue weighted by Crippen LogP contribution is -2.47. The molecule has 0 radical (unpaired) electrons. The zero-order valence-corrected chi connectivity index (χ0v) is 24.2. The molecule has 1 aliphatic heterocycles. The van der Waals surface area contributed by atoms with Crippen molar-refractivity contribution in [1.29, 1.82) is 0 Å². The summed E-state index contributed by atoms with van der Waals surface area (Å²) in [6, 6.07) is 26.5. The second-order valence-corrected chi connectivity index (χ2v) is 11.0. The molecule has 0 spiro atoms. The highest BCUT2D eigenvalue weighted by molar-refractivity contribution is 5.84. The molecule has 0 atom stereocenters. The highest BCUT2D eigenvalue weighted by Crippen LogP contribution is 2.32. The Morgan fingerprint density at radius 3 is 2.41 bits per heavy atom. The molecule has 1 saturated heterocycles. The summed E-state index contributed by atoms with van der Waals surface area (Å²) >= 11 is 0. The molecule has 0 bridgehead atoms. The first-order chi connectivity index (χ1) is 21.5. The maximum atomic E-state index is 12.0. The maximum absolute atomic E-state index is 12.0. The molecule has 0 aliphatic carbocycles. The van der Waals surface area contributed by atoms with Gasteiger partial charge in [0.1, 0.15) is 17.0 Å². The number of nitrogens with two attached hydrogens (primary N) is 1. The van der Waals surface area contributed by atoms with Crippen LogP contribution in [0.4, 0.5) is 11.5 Å². The van der Waals surface area contributed by atoms with Crippen LogP contribution in [0.1, 0.15) is 18.4 Å². The second kappa shape index (κ2) is 11.4. The zero-order valence-electron chi connectivity index (χ0n) is 24.2. The molecule has 4 heterocycles. The van der Waals surface area contributed by atoms with Gasteiger partial charge in [0.2, 0.25) is 0 Å². The van der Waals surface area contributed by atoms with E-state index in [0.29, 0.717) is 43.0 Å². The predicted octanol–water partition coefficient (Wildman–Crippen LogP) is 4.09. The molecule has 3 aromatic carbocycles. The van der Waals surface area contributed by atoms with E-state index in [9.17, 15) is 9.59 Å². The minimum atomic E-state index is -0.529. The van der Waals surface area contributed by atoms with Crippen molar-refractivity contribution in [2.45, 2.75) is 25.4 Å². The third kappa shape index (κ3) is 4.88. The van der Waals surface area contributed by atoms with E-state index in [-0.39, 0.29) is 5.75 Å². The van der Waals surface area contributed by atoms with E-state index in [0.717, 1.165) is 52.1 Å². The third-order valence-corrected chi connectivity index (χ3v) is 8.30. The van der Waals surface area contributed by atoms with Crippen molar-refractivity contribution in [3.8, 4) is 34.1 Å². The van der Waals surface area contributed by atoms with Crippen molar-refractivity contribution >= 4 is 22.7 Å². The van der Waals surface area contributed by atoms with Crippen LogP contribution >= 0.6 is 0 Å². The number of imidazole rings is 1. The number of rotatable bonds is 8. The smallest absolute Gasteiger partial charge is 0.272 e. The fourth-order valence-corrected chi connectivity index (χ4v) is 5.93. The third-order valence-electron chi connectivity index (χ3n) is 8.30. The van der Waals surface area contributed by atoms with Crippen LogP contribution in [-0.2, 0) is 6.54 Å². The number of fused-ring (bicyclic) bond motifs is 1. The van der Waals surface area contributed by atoms with Gasteiger partial charge in [0.15, 0.2) is 17.2 Å². The molecule has 0 saturated carbocycles. The molecule has 6 aromatic rings. The lowest BCUT2D eigenvalue weighted by molar-refractivity contribution is 0.390. The van der Waals surface area contributed by atoms with Crippen LogP contribution in [0.25, 0.3) is 39.5 Å². The molecule has 0 unspecified atom stereocenters. The lowest BCUT2D eigenvalue weighted by atomic mass is 10.0. The molecule has 10 nitrogen and oxygen atoms in total. The Morgan fingerprint density at radius 2 is 1.68 bits per heavy atom. The van der Waals surface area contributed by atoms with Gasteiger partial charge in [-0.1, -0.05) is 42.5 Å². The SMILES string of the molecule is COc1c(N2CCC(NCc3ccc(-n4c(-c5cccnc5N)nc5ccc(-c6ccccc6)nc54)cc3)CC2)c(=O)c1=O. The van der Waals surface area contributed by atoms with E-state index < -0.39 is 10.9 Å². The summed E-state index contributed by atoms with van der Waals surface area (Å²) in [6.45, 7) is 2.10. The van der Waals surface area contributed by atoms with E-state index in [4.69, 9.17) is 20.4 Å². The fraction of sp³-hybridized carbons (Fsp3) is 0.206. The van der Waals surface area contributed by atoms with Crippen LogP contribution in [0.15, 0.2) is 94.6 Å². The molecule has 44 heavy (non-hydrogen) atoms. The molecule has 1 fully saturated rings. The van der Waals surface area contributed by atoms with Gasteiger partial charge in [0.05, 0.1) is 18.4 Å². The van der Waals surface area contributed by atoms with Gasteiger partial charge in [-0.25, -0.2) is 15.0 Å². The normalized spacial score (nSPS) is 14.0. The maximum Gasteiger partial charge on any atom is 0.272 e. The van der Waals surface area contributed by atoms with Crippen molar-refractivity contribution in [3.63, 3.8) is 0 Å². The largest absolute Gasteiger partial charge is 0.491 e. The number of hydrogen-bond donors (Lipinski definition) is 2. The number of aromatic nitrogens is 4. The number of nitrogen functional groups attached to an aromatic ring is 1. The van der Waals surface area contributed by atoms with Gasteiger partial charge in [-0.15, -0.1) is 0 Å². The van der Waals surface area contributed by atoms with Gasteiger partial charge in [-0.2, -0.15) is 0 Å². The molecule has 220 valence electrons. The average molecular weight is 586 g/mol. The highest BCUT2D eigenvalue weighted by Gasteiger charge is 2.30. The quantitative estimate of drug-likeness (QED) is 0.254. The van der Waals surface area contributed by atoms with Crippen molar-refractivity contribution in [2.24, 2.45) is 0 Å². The topological polar surface area (TPSA) is 128 Å². The standard InChI is InChI=1S/C34H31N7O3/c1-44-31-28(29(42)30(31)43)40-18-15-23(16-19-40)37-20-21-9-11-24(12-10-21)41-33(25-8-5-17-36-32(25)35)39-27-14-13-26(38-34(27)41)22-6-3-2-4-7-22/h2-14,17,23,37H,15-16,18-20H2,1H3,(H2,35,36). The van der Waals surface area contributed by atoms with E-state index in [1.807, 2.05) is 64.1 Å². The predicted molar refractivity (Wildman–Crippen MR) is 172 cm³/mol. The molecule has 1 aliphatic rings. The molecular weight excluding hydrogens is 554 g/mol. The van der Waals surface area contributed by atoms with E-state index >= 15 is 0 Å². The van der Waals surface area contributed by atoms with Gasteiger partial charge in [0.25, 0.3) is 10.9 Å². The number of anilines is 2. The Kier molecular flexibility index (Phi) is 7.11. The monoisotopic (exact) mass is 585 g/mol. The minimum absolute atomic E-state index is 0.188. The summed E-state index contributed by atoms with van der Waals surface area (Å²) in [5.74, 6) is 1.27. The molecule has 3 N–H and O–H groups in total. The number of benzene rings is 2. The number of pyridine rings is 2. The minimum Gasteiger partial charge on any atom is -0.491 e. The molecule has 7 rings (SSSR count). The number of piperidine rings is 1. The Bertz CT molecular complexity index is 2020. The molecule has 10 heteroatoms. The molecular formula is C34H31N7O3. The van der Waals surface area contributed by atoms with Crippen LogP contribution in [0.3, 0.4) is 0 Å². The van der Waals surface area contributed by atoms with E-state index in [1.165, 1.54) is 7.11 Å². The first-order valence-corrected chi connectivity index (χ1v) is 14.6. The lowest BCUT2D eigenvalue weighted by Gasteiger charge is -2.34. The summed E-state index contributed by atoms with van der Waals surface area (Å²) in [7, 11) is 1.43.